The lowest BCUT2D eigenvalue weighted by Crippen LogP contribution is -2.28. The van der Waals surface area contributed by atoms with Gasteiger partial charge in [-0.2, -0.15) is 13.2 Å². The van der Waals surface area contributed by atoms with E-state index in [-0.39, 0.29) is 0 Å². The molecule has 2 fully saturated rings. The summed E-state index contributed by atoms with van der Waals surface area (Å²) >= 11 is 0. The molecule has 0 amide bonds. The molecule has 3 N–H and O–H groups in total. The van der Waals surface area contributed by atoms with Crippen molar-refractivity contribution in [3.63, 3.8) is 0 Å². The number of hydrogen-bond donors (Lipinski definition) is 3. The van der Waals surface area contributed by atoms with E-state index in [0.717, 1.165) is 17.9 Å². The van der Waals surface area contributed by atoms with Gasteiger partial charge in [0.25, 0.3) is 0 Å². The molecular weight excluding hydrogens is 249 g/mol. The summed E-state index contributed by atoms with van der Waals surface area (Å²) in [4.78, 5) is 8.90. The molecule has 1 heterocycles. The molecule has 2 atom stereocenters. The molecule has 1 aliphatic carbocycles. The molecule has 0 bridgehead atoms. The summed E-state index contributed by atoms with van der Waals surface area (Å²) in [5.74, 6) is -0.996. The number of nitrogens with one attached hydrogen (secondary N) is 2. The molecule has 1 saturated heterocycles. The first kappa shape index (κ1) is 15.2. The van der Waals surface area contributed by atoms with Crippen LogP contribution >= 0.6 is 0 Å². The predicted molar refractivity (Wildman–Crippen MR) is 60.2 cm³/mol. The molecule has 0 aromatic heterocycles. The van der Waals surface area contributed by atoms with Crippen LogP contribution < -0.4 is 10.6 Å². The summed E-state index contributed by atoms with van der Waals surface area (Å²) in [5.41, 5.74) is 0. The van der Waals surface area contributed by atoms with Gasteiger partial charge in [-0.15, -0.1) is 0 Å². The quantitative estimate of drug-likeness (QED) is 0.720. The zero-order valence-corrected chi connectivity index (χ0v) is 10.3. The highest BCUT2D eigenvalue weighted by Gasteiger charge is 2.38. The molecule has 106 valence electrons. The van der Waals surface area contributed by atoms with Crippen LogP contribution in [0.5, 0.6) is 0 Å². The van der Waals surface area contributed by atoms with Crippen molar-refractivity contribution >= 4 is 5.97 Å². The van der Waals surface area contributed by atoms with Gasteiger partial charge in [0.05, 0.1) is 0 Å². The standard InChI is InChI=1S/C9H18N2.C2HF3O2/c1-7-4-10-5-8(7)6-11-9-2-3-9;3-2(4,5)1(6)7/h7-11H,2-6H2,1H3;(H,6,7)/t7-,8+;/m1./s1. The summed E-state index contributed by atoms with van der Waals surface area (Å²) in [6.45, 7) is 6.02. The fraction of sp³-hybridized carbons (Fsp3) is 0.909. The van der Waals surface area contributed by atoms with E-state index in [2.05, 4.69) is 17.6 Å². The van der Waals surface area contributed by atoms with Crippen LogP contribution in [0.1, 0.15) is 19.8 Å². The van der Waals surface area contributed by atoms with Gasteiger partial charge in [0.2, 0.25) is 0 Å². The zero-order chi connectivity index (χ0) is 13.8. The van der Waals surface area contributed by atoms with Gasteiger partial charge in [0.15, 0.2) is 0 Å². The smallest absolute Gasteiger partial charge is 0.475 e. The van der Waals surface area contributed by atoms with Crippen LogP contribution in [0.2, 0.25) is 0 Å². The van der Waals surface area contributed by atoms with E-state index in [4.69, 9.17) is 9.90 Å². The summed E-state index contributed by atoms with van der Waals surface area (Å²) in [5, 5.41) is 14.1. The molecule has 0 radical (unpaired) electrons. The predicted octanol–water partition coefficient (Wildman–Crippen LogP) is 1.23. The SMILES string of the molecule is C[C@@H]1CNC[C@H]1CNC1CC1.O=C(O)C(F)(F)F. The van der Waals surface area contributed by atoms with Gasteiger partial charge < -0.3 is 15.7 Å². The molecule has 2 aliphatic rings. The van der Waals surface area contributed by atoms with Crippen LogP contribution in [-0.4, -0.2) is 42.9 Å². The first-order chi connectivity index (χ1) is 8.30. The van der Waals surface area contributed by atoms with Crippen LogP contribution in [0.4, 0.5) is 13.2 Å². The van der Waals surface area contributed by atoms with Crippen LogP contribution in [0.25, 0.3) is 0 Å². The Labute approximate surface area is 104 Å². The van der Waals surface area contributed by atoms with Gasteiger partial charge in [-0.25, -0.2) is 4.79 Å². The molecule has 7 heteroatoms. The summed E-state index contributed by atoms with van der Waals surface area (Å²) in [6.07, 6.45) is -2.26. The molecule has 0 unspecified atom stereocenters. The highest BCUT2D eigenvalue weighted by molar-refractivity contribution is 5.73. The molecule has 0 spiro atoms. The molecule has 2 rings (SSSR count). The monoisotopic (exact) mass is 268 g/mol. The van der Waals surface area contributed by atoms with Crippen molar-refractivity contribution in [2.45, 2.75) is 32.0 Å². The van der Waals surface area contributed by atoms with E-state index in [1.807, 2.05) is 0 Å². The number of carboxylic acids is 1. The summed E-state index contributed by atoms with van der Waals surface area (Å²) in [7, 11) is 0. The van der Waals surface area contributed by atoms with Crippen LogP contribution in [0.15, 0.2) is 0 Å². The van der Waals surface area contributed by atoms with E-state index < -0.39 is 12.1 Å². The summed E-state index contributed by atoms with van der Waals surface area (Å²) in [6, 6.07) is 0.878. The second-order valence-electron chi connectivity index (χ2n) is 4.88. The van der Waals surface area contributed by atoms with E-state index in [9.17, 15) is 13.2 Å². The molecule has 1 saturated carbocycles. The van der Waals surface area contributed by atoms with Crippen molar-refractivity contribution in [2.24, 2.45) is 11.8 Å². The maximum atomic E-state index is 10.6. The Bertz CT molecular complexity index is 280. The van der Waals surface area contributed by atoms with Crippen LogP contribution in [0.3, 0.4) is 0 Å². The zero-order valence-electron chi connectivity index (χ0n) is 10.3. The minimum Gasteiger partial charge on any atom is -0.475 e. The lowest BCUT2D eigenvalue weighted by atomic mass is 9.98. The Morgan fingerprint density at radius 2 is 1.94 bits per heavy atom. The Morgan fingerprint density at radius 3 is 2.28 bits per heavy atom. The fourth-order valence-corrected chi connectivity index (χ4v) is 1.74. The van der Waals surface area contributed by atoms with Crippen molar-refractivity contribution in [1.29, 1.82) is 0 Å². The van der Waals surface area contributed by atoms with E-state index in [1.54, 1.807) is 0 Å². The Kier molecular flexibility index (Phi) is 5.40. The number of hydrogen-bond acceptors (Lipinski definition) is 3. The summed E-state index contributed by atoms with van der Waals surface area (Å²) < 4.78 is 31.7. The van der Waals surface area contributed by atoms with Crippen molar-refractivity contribution in [1.82, 2.24) is 10.6 Å². The molecule has 18 heavy (non-hydrogen) atoms. The fourth-order valence-electron chi connectivity index (χ4n) is 1.74. The van der Waals surface area contributed by atoms with E-state index in [1.165, 1.54) is 32.5 Å². The van der Waals surface area contributed by atoms with Crippen molar-refractivity contribution < 1.29 is 23.1 Å². The molecule has 0 aromatic carbocycles. The first-order valence-corrected chi connectivity index (χ1v) is 6.05. The number of carboxylic acid groups (broad SMARTS) is 1. The topological polar surface area (TPSA) is 61.4 Å². The number of carbonyl (C=O) groups is 1. The third kappa shape index (κ3) is 5.68. The van der Waals surface area contributed by atoms with Crippen LogP contribution in [0, 0.1) is 11.8 Å². The lowest BCUT2D eigenvalue weighted by Gasteiger charge is -2.14. The Balaban J connectivity index is 0.000000203. The minimum absolute atomic E-state index is 0.876. The van der Waals surface area contributed by atoms with Gasteiger partial charge in [-0.05, 0) is 44.3 Å². The van der Waals surface area contributed by atoms with Gasteiger partial charge in [-0.3, -0.25) is 0 Å². The number of aliphatic carboxylic acids is 1. The largest absolute Gasteiger partial charge is 0.490 e. The van der Waals surface area contributed by atoms with Crippen molar-refractivity contribution in [2.75, 3.05) is 19.6 Å². The highest BCUT2D eigenvalue weighted by Crippen LogP contribution is 2.21. The lowest BCUT2D eigenvalue weighted by molar-refractivity contribution is -0.192. The number of halogens is 3. The maximum absolute atomic E-state index is 10.6. The third-order valence-electron chi connectivity index (χ3n) is 3.17. The molecule has 1 aliphatic heterocycles. The second kappa shape index (κ2) is 6.38. The Morgan fingerprint density at radius 1 is 1.39 bits per heavy atom. The Hall–Kier alpha value is -0.820. The third-order valence-corrected chi connectivity index (χ3v) is 3.17. The molecule has 4 nitrogen and oxygen atoms in total. The number of rotatable bonds is 3. The van der Waals surface area contributed by atoms with Gasteiger partial charge in [0, 0.05) is 6.04 Å². The van der Waals surface area contributed by atoms with Gasteiger partial charge in [0.1, 0.15) is 0 Å². The van der Waals surface area contributed by atoms with Gasteiger partial charge in [-0.1, -0.05) is 6.92 Å². The molecular formula is C11H19F3N2O2. The number of alkyl halides is 3. The average Bonchev–Trinajstić information content (AvgIpc) is 2.99. The first-order valence-electron chi connectivity index (χ1n) is 6.05. The van der Waals surface area contributed by atoms with Gasteiger partial charge >= 0.3 is 12.1 Å². The van der Waals surface area contributed by atoms with Crippen molar-refractivity contribution in [3.8, 4) is 0 Å². The van der Waals surface area contributed by atoms with E-state index >= 15 is 0 Å². The van der Waals surface area contributed by atoms with Crippen LogP contribution in [-0.2, 0) is 4.79 Å². The minimum atomic E-state index is -5.08. The molecule has 0 aromatic rings. The highest BCUT2D eigenvalue weighted by atomic mass is 19.4. The van der Waals surface area contributed by atoms with E-state index in [0.29, 0.717) is 0 Å². The van der Waals surface area contributed by atoms with Crippen molar-refractivity contribution in [3.05, 3.63) is 0 Å². The normalized spacial score (nSPS) is 27.6. The maximum Gasteiger partial charge on any atom is 0.490 e. The second-order valence-corrected chi connectivity index (χ2v) is 4.88. The average molecular weight is 268 g/mol.